The van der Waals surface area contributed by atoms with Crippen molar-refractivity contribution < 1.29 is 0 Å². The highest BCUT2D eigenvalue weighted by Gasteiger charge is 2.16. The number of aryl methyl sites for hydroxylation is 2. The van der Waals surface area contributed by atoms with Crippen molar-refractivity contribution in [2.24, 2.45) is 0 Å². The first-order valence-electron chi connectivity index (χ1n) is 8.25. The van der Waals surface area contributed by atoms with E-state index in [1.807, 2.05) is 6.07 Å². The average molecular weight is 340 g/mol. The van der Waals surface area contributed by atoms with E-state index >= 15 is 0 Å². The van der Waals surface area contributed by atoms with Crippen LogP contribution in [0.4, 0.5) is 5.82 Å². The predicted molar refractivity (Wildman–Crippen MR) is 102 cm³/mol. The van der Waals surface area contributed by atoms with Gasteiger partial charge in [-0.05, 0) is 38.8 Å². The number of benzene rings is 1. The highest BCUT2D eigenvalue weighted by atomic mass is 32.1. The minimum absolute atomic E-state index is 0.400. The molecule has 0 aliphatic carbocycles. The third-order valence-electron chi connectivity index (χ3n) is 4.41. The van der Waals surface area contributed by atoms with Crippen molar-refractivity contribution in [3.63, 3.8) is 0 Å². The lowest BCUT2D eigenvalue weighted by atomic mass is 10.2. The number of nitrogen functional groups attached to an aromatic ring is 1. The number of nitrogens with two attached hydrogens (primary N) is 1. The van der Waals surface area contributed by atoms with Gasteiger partial charge in [-0.25, -0.2) is 9.97 Å². The Morgan fingerprint density at radius 2 is 1.79 bits per heavy atom. The summed E-state index contributed by atoms with van der Waals surface area (Å²) in [5.74, 6) is 1.39. The van der Waals surface area contributed by atoms with Gasteiger partial charge in [0.15, 0.2) is 0 Å². The summed E-state index contributed by atoms with van der Waals surface area (Å²) in [5, 5.41) is 1.01. The average Bonchev–Trinajstić information content (AvgIpc) is 2.82. The summed E-state index contributed by atoms with van der Waals surface area (Å²) >= 11 is 1.70. The molecule has 0 saturated carbocycles. The molecule has 0 bridgehead atoms. The summed E-state index contributed by atoms with van der Waals surface area (Å²) in [6, 6.07) is 10.9. The molecule has 0 aliphatic rings. The predicted octanol–water partition coefficient (Wildman–Crippen LogP) is 4.30. The molecule has 0 atom stereocenters. The van der Waals surface area contributed by atoms with E-state index in [1.54, 1.807) is 11.3 Å². The molecule has 4 nitrogen and oxygen atoms in total. The number of anilines is 1. The van der Waals surface area contributed by atoms with Crippen molar-refractivity contribution in [3.8, 4) is 0 Å². The Morgan fingerprint density at radius 3 is 2.46 bits per heavy atom. The number of aromatic nitrogens is 2. The summed E-state index contributed by atoms with van der Waals surface area (Å²) in [5.41, 5.74) is 8.71. The summed E-state index contributed by atoms with van der Waals surface area (Å²) in [7, 11) is 0. The van der Waals surface area contributed by atoms with Gasteiger partial charge >= 0.3 is 0 Å². The lowest BCUT2D eigenvalue weighted by Gasteiger charge is -2.25. The minimum Gasteiger partial charge on any atom is -0.383 e. The second-order valence-corrected chi connectivity index (χ2v) is 7.68. The van der Waals surface area contributed by atoms with E-state index in [0.29, 0.717) is 18.4 Å². The maximum absolute atomic E-state index is 6.21. The first-order valence-corrected chi connectivity index (χ1v) is 9.07. The molecule has 0 saturated heterocycles. The SMILES string of the molecule is Cc1sc2nc(CN(Cc3ccccc3)C(C)C)nc(N)c2c1C. The van der Waals surface area contributed by atoms with Crippen molar-refractivity contribution in [2.45, 2.75) is 46.8 Å². The molecule has 0 spiro atoms. The van der Waals surface area contributed by atoms with E-state index in [9.17, 15) is 0 Å². The highest BCUT2D eigenvalue weighted by molar-refractivity contribution is 7.18. The number of nitrogens with zero attached hydrogens (tertiary/aromatic N) is 3. The molecule has 3 rings (SSSR count). The van der Waals surface area contributed by atoms with Crippen LogP contribution in [0.2, 0.25) is 0 Å². The molecule has 2 N–H and O–H groups in total. The number of hydrogen-bond acceptors (Lipinski definition) is 5. The van der Waals surface area contributed by atoms with Crippen LogP contribution >= 0.6 is 11.3 Å². The third kappa shape index (κ3) is 3.42. The highest BCUT2D eigenvalue weighted by Crippen LogP contribution is 2.32. The van der Waals surface area contributed by atoms with Gasteiger partial charge in [-0.2, -0.15) is 0 Å². The molecule has 0 amide bonds. The Balaban J connectivity index is 1.88. The van der Waals surface area contributed by atoms with Gasteiger partial charge in [0.25, 0.3) is 0 Å². The second-order valence-electron chi connectivity index (χ2n) is 6.47. The number of hydrogen-bond donors (Lipinski definition) is 1. The molecule has 126 valence electrons. The Kier molecular flexibility index (Phi) is 4.83. The lowest BCUT2D eigenvalue weighted by molar-refractivity contribution is 0.199. The maximum Gasteiger partial charge on any atom is 0.146 e. The van der Waals surface area contributed by atoms with Crippen LogP contribution in [0.3, 0.4) is 0 Å². The summed E-state index contributed by atoms with van der Waals surface area (Å²) < 4.78 is 0. The van der Waals surface area contributed by atoms with Crippen molar-refractivity contribution in [3.05, 3.63) is 52.2 Å². The molecule has 0 fully saturated rings. The molecule has 2 aromatic heterocycles. The van der Waals surface area contributed by atoms with Gasteiger partial charge in [-0.1, -0.05) is 30.3 Å². The topological polar surface area (TPSA) is 55.0 Å². The molecule has 0 aliphatic heterocycles. The summed E-state index contributed by atoms with van der Waals surface area (Å²) in [6.45, 7) is 10.2. The molecular formula is C19H24N4S. The smallest absolute Gasteiger partial charge is 0.146 e. The van der Waals surface area contributed by atoms with Crippen molar-refractivity contribution in [1.29, 1.82) is 0 Å². The zero-order valence-electron chi connectivity index (χ0n) is 14.7. The van der Waals surface area contributed by atoms with Gasteiger partial charge in [-0.3, -0.25) is 4.90 Å². The molecule has 0 radical (unpaired) electrons. The Labute approximate surface area is 147 Å². The molecule has 0 unspecified atom stereocenters. The van der Waals surface area contributed by atoms with Crippen LogP contribution in [0.5, 0.6) is 0 Å². The monoisotopic (exact) mass is 340 g/mol. The van der Waals surface area contributed by atoms with E-state index in [1.165, 1.54) is 16.0 Å². The van der Waals surface area contributed by atoms with Crippen LogP contribution in [0, 0.1) is 13.8 Å². The molecule has 24 heavy (non-hydrogen) atoms. The normalized spacial score (nSPS) is 11.8. The van der Waals surface area contributed by atoms with Gasteiger partial charge in [-0.15, -0.1) is 11.3 Å². The Bertz CT molecular complexity index is 839. The van der Waals surface area contributed by atoms with Crippen molar-refractivity contribution in [1.82, 2.24) is 14.9 Å². The van der Waals surface area contributed by atoms with Gasteiger partial charge in [0.05, 0.1) is 11.9 Å². The quantitative estimate of drug-likeness (QED) is 0.752. The maximum atomic E-state index is 6.21. The van der Waals surface area contributed by atoms with Gasteiger partial charge in [0.2, 0.25) is 0 Å². The van der Waals surface area contributed by atoms with E-state index in [2.05, 4.69) is 61.8 Å². The Hall–Kier alpha value is -1.98. The largest absolute Gasteiger partial charge is 0.383 e. The molecular weight excluding hydrogens is 316 g/mol. The minimum atomic E-state index is 0.400. The van der Waals surface area contributed by atoms with E-state index in [0.717, 1.165) is 22.6 Å². The van der Waals surface area contributed by atoms with Gasteiger partial charge < -0.3 is 5.73 Å². The van der Waals surface area contributed by atoms with Crippen LogP contribution in [-0.4, -0.2) is 20.9 Å². The molecule has 2 heterocycles. The number of fused-ring (bicyclic) bond motifs is 1. The van der Waals surface area contributed by atoms with E-state index < -0.39 is 0 Å². The van der Waals surface area contributed by atoms with Gasteiger partial charge in [0, 0.05) is 17.5 Å². The second kappa shape index (κ2) is 6.87. The molecule has 3 aromatic rings. The zero-order valence-corrected chi connectivity index (χ0v) is 15.5. The molecule has 5 heteroatoms. The number of thiophene rings is 1. The zero-order chi connectivity index (χ0) is 17.3. The van der Waals surface area contributed by atoms with Crippen LogP contribution in [-0.2, 0) is 13.1 Å². The molecule has 1 aromatic carbocycles. The van der Waals surface area contributed by atoms with Crippen LogP contribution < -0.4 is 5.73 Å². The fraction of sp³-hybridized carbons (Fsp3) is 0.368. The van der Waals surface area contributed by atoms with Gasteiger partial charge in [0.1, 0.15) is 16.5 Å². The fourth-order valence-corrected chi connectivity index (χ4v) is 3.87. The first kappa shape index (κ1) is 16.9. The summed E-state index contributed by atoms with van der Waals surface area (Å²) in [6.07, 6.45) is 0. The number of rotatable bonds is 5. The van der Waals surface area contributed by atoms with Crippen LogP contribution in [0.25, 0.3) is 10.2 Å². The van der Waals surface area contributed by atoms with Crippen LogP contribution in [0.15, 0.2) is 30.3 Å². The van der Waals surface area contributed by atoms with Crippen molar-refractivity contribution >= 4 is 27.4 Å². The fourth-order valence-electron chi connectivity index (χ4n) is 2.82. The van der Waals surface area contributed by atoms with E-state index in [-0.39, 0.29) is 0 Å². The third-order valence-corrected chi connectivity index (χ3v) is 5.51. The lowest BCUT2D eigenvalue weighted by Crippen LogP contribution is -2.30. The van der Waals surface area contributed by atoms with Crippen molar-refractivity contribution in [2.75, 3.05) is 5.73 Å². The van der Waals surface area contributed by atoms with Crippen LogP contribution in [0.1, 0.15) is 35.7 Å². The Morgan fingerprint density at radius 1 is 1.08 bits per heavy atom. The first-order chi connectivity index (χ1) is 11.5. The standard InChI is InChI=1S/C19H24N4S/c1-12(2)23(10-15-8-6-5-7-9-15)11-16-21-18(20)17-13(3)14(4)24-19(17)22-16/h5-9,12H,10-11H2,1-4H3,(H2,20,21,22). The summed E-state index contributed by atoms with van der Waals surface area (Å²) in [4.78, 5) is 14.0. The van der Waals surface area contributed by atoms with E-state index in [4.69, 9.17) is 10.7 Å².